The topological polar surface area (TPSA) is 53.1 Å². The van der Waals surface area contributed by atoms with Gasteiger partial charge in [-0.15, -0.1) is 0 Å². The SMILES string of the molecule is C[Si](C)(C)CCOCCn1ncc2ccc(N)cc21. The number of rotatable bonds is 6. The van der Waals surface area contributed by atoms with Gasteiger partial charge in [0.25, 0.3) is 0 Å². The normalized spacial score (nSPS) is 12.2. The van der Waals surface area contributed by atoms with E-state index < -0.39 is 8.07 Å². The van der Waals surface area contributed by atoms with Gasteiger partial charge in [0, 0.05) is 25.8 Å². The average molecular weight is 277 g/mol. The Balaban J connectivity index is 1.86. The highest BCUT2D eigenvalue weighted by molar-refractivity contribution is 6.76. The van der Waals surface area contributed by atoms with Crippen LogP contribution in [0.25, 0.3) is 10.9 Å². The van der Waals surface area contributed by atoms with Crippen molar-refractivity contribution in [3.8, 4) is 0 Å². The van der Waals surface area contributed by atoms with Gasteiger partial charge in [-0.25, -0.2) is 0 Å². The molecule has 0 aliphatic carbocycles. The number of hydrogen-bond acceptors (Lipinski definition) is 3. The predicted molar refractivity (Wildman–Crippen MR) is 83.1 cm³/mol. The largest absolute Gasteiger partial charge is 0.399 e. The van der Waals surface area contributed by atoms with E-state index in [-0.39, 0.29) is 0 Å². The van der Waals surface area contributed by atoms with E-state index in [0.29, 0.717) is 6.61 Å². The number of benzene rings is 1. The van der Waals surface area contributed by atoms with Crippen molar-refractivity contribution in [3.05, 3.63) is 24.4 Å². The molecular weight excluding hydrogens is 254 g/mol. The lowest BCUT2D eigenvalue weighted by atomic mass is 10.2. The maximum Gasteiger partial charge on any atom is 0.0703 e. The van der Waals surface area contributed by atoms with Crippen molar-refractivity contribution in [3.63, 3.8) is 0 Å². The van der Waals surface area contributed by atoms with Crippen molar-refractivity contribution in [2.24, 2.45) is 0 Å². The molecule has 1 aromatic carbocycles. The average Bonchev–Trinajstić information content (AvgIpc) is 2.70. The summed E-state index contributed by atoms with van der Waals surface area (Å²) in [4.78, 5) is 0. The van der Waals surface area contributed by atoms with Crippen LogP contribution < -0.4 is 5.73 Å². The summed E-state index contributed by atoms with van der Waals surface area (Å²) < 4.78 is 7.66. The molecule has 2 aromatic rings. The van der Waals surface area contributed by atoms with Gasteiger partial charge in [0.1, 0.15) is 0 Å². The minimum atomic E-state index is -0.989. The third-order valence-electron chi connectivity index (χ3n) is 3.11. The summed E-state index contributed by atoms with van der Waals surface area (Å²) in [6.45, 7) is 9.42. The summed E-state index contributed by atoms with van der Waals surface area (Å²) in [5.74, 6) is 0. The molecule has 1 aromatic heterocycles. The number of aromatic nitrogens is 2. The molecule has 2 rings (SSSR count). The van der Waals surface area contributed by atoms with Crippen LogP contribution in [0.1, 0.15) is 0 Å². The maximum absolute atomic E-state index is 5.81. The van der Waals surface area contributed by atoms with Gasteiger partial charge in [-0.1, -0.05) is 19.6 Å². The number of anilines is 1. The van der Waals surface area contributed by atoms with E-state index in [4.69, 9.17) is 10.5 Å². The highest BCUT2D eigenvalue weighted by Gasteiger charge is 2.12. The second-order valence-electron chi connectivity index (χ2n) is 6.11. The van der Waals surface area contributed by atoms with Crippen LogP contribution in [-0.2, 0) is 11.3 Å². The zero-order valence-corrected chi connectivity index (χ0v) is 13.0. The Morgan fingerprint density at radius 2 is 2.05 bits per heavy atom. The fourth-order valence-electron chi connectivity index (χ4n) is 1.90. The lowest BCUT2D eigenvalue weighted by Crippen LogP contribution is -2.22. The summed E-state index contributed by atoms with van der Waals surface area (Å²) >= 11 is 0. The third-order valence-corrected chi connectivity index (χ3v) is 4.82. The van der Waals surface area contributed by atoms with Gasteiger partial charge < -0.3 is 10.5 Å². The summed E-state index contributed by atoms with van der Waals surface area (Å²) in [5, 5.41) is 5.49. The number of fused-ring (bicyclic) bond motifs is 1. The van der Waals surface area contributed by atoms with Crippen LogP contribution in [-0.4, -0.2) is 31.1 Å². The monoisotopic (exact) mass is 277 g/mol. The first kappa shape index (κ1) is 14.1. The third kappa shape index (κ3) is 4.07. The number of nitrogens with two attached hydrogens (primary N) is 1. The second-order valence-corrected chi connectivity index (χ2v) is 11.7. The standard InChI is InChI=1S/C14H23N3OSi/c1-19(2,3)9-8-18-7-6-17-14-10-13(15)5-4-12(14)11-16-17/h4-5,10-11H,6-9,15H2,1-3H3. The van der Waals surface area contributed by atoms with Gasteiger partial charge in [-0.3, -0.25) is 4.68 Å². The molecule has 0 aliphatic rings. The van der Waals surface area contributed by atoms with Gasteiger partial charge in [0.2, 0.25) is 0 Å². The minimum absolute atomic E-state index is 0.704. The minimum Gasteiger partial charge on any atom is -0.399 e. The van der Waals surface area contributed by atoms with Crippen LogP contribution in [0.4, 0.5) is 5.69 Å². The first-order valence-corrected chi connectivity index (χ1v) is 10.5. The number of hydrogen-bond donors (Lipinski definition) is 1. The summed E-state index contributed by atoms with van der Waals surface area (Å²) in [7, 11) is -0.989. The van der Waals surface area contributed by atoms with Crippen LogP contribution >= 0.6 is 0 Å². The quantitative estimate of drug-likeness (QED) is 0.502. The molecule has 19 heavy (non-hydrogen) atoms. The molecule has 0 saturated heterocycles. The first-order chi connectivity index (χ1) is 8.96. The molecule has 0 fully saturated rings. The van der Waals surface area contributed by atoms with Crippen molar-refractivity contribution in [2.75, 3.05) is 18.9 Å². The van der Waals surface area contributed by atoms with E-state index in [2.05, 4.69) is 24.7 Å². The molecule has 1 heterocycles. The van der Waals surface area contributed by atoms with Crippen molar-refractivity contribution >= 4 is 24.7 Å². The predicted octanol–water partition coefficient (Wildman–Crippen LogP) is 2.97. The van der Waals surface area contributed by atoms with Crippen LogP contribution in [0.2, 0.25) is 25.7 Å². The molecule has 0 unspecified atom stereocenters. The van der Waals surface area contributed by atoms with Crippen molar-refractivity contribution in [1.82, 2.24) is 9.78 Å². The molecule has 0 radical (unpaired) electrons. The Labute approximate surface area is 115 Å². The molecule has 0 aliphatic heterocycles. The molecular formula is C14H23N3OSi. The maximum atomic E-state index is 5.81. The fourth-order valence-corrected chi connectivity index (χ4v) is 2.65. The van der Waals surface area contributed by atoms with Gasteiger partial charge in [0.15, 0.2) is 0 Å². The number of nitrogens with zero attached hydrogens (tertiary/aromatic N) is 2. The van der Waals surface area contributed by atoms with Gasteiger partial charge in [-0.05, 0) is 24.2 Å². The summed E-state index contributed by atoms with van der Waals surface area (Å²) in [6, 6.07) is 7.07. The second kappa shape index (κ2) is 5.75. The Kier molecular flexibility index (Phi) is 4.26. The molecule has 0 atom stereocenters. The molecule has 5 heteroatoms. The molecule has 0 spiro atoms. The van der Waals surface area contributed by atoms with Crippen molar-refractivity contribution in [2.45, 2.75) is 32.2 Å². The highest BCUT2D eigenvalue weighted by Crippen LogP contribution is 2.16. The fraction of sp³-hybridized carbons (Fsp3) is 0.500. The van der Waals surface area contributed by atoms with E-state index >= 15 is 0 Å². The van der Waals surface area contributed by atoms with Gasteiger partial charge >= 0.3 is 0 Å². The van der Waals surface area contributed by atoms with Crippen LogP contribution in [0.3, 0.4) is 0 Å². The zero-order valence-electron chi connectivity index (χ0n) is 12.0. The summed E-state index contributed by atoms with van der Waals surface area (Å²) in [6.07, 6.45) is 1.87. The molecule has 104 valence electrons. The van der Waals surface area contributed by atoms with Crippen LogP contribution in [0.5, 0.6) is 0 Å². The Bertz CT molecular complexity index is 545. The summed E-state index contributed by atoms with van der Waals surface area (Å²) in [5.41, 5.74) is 7.66. The number of ether oxygens (including phenoxy) is 1. The van der Waals surface area contributed by atoms with Gasteiger partial charge in [0.05, 0.1) is 24.9 Å². The highest BCUT2D eigenvalue weighted by atomic mass is 28.3. The van der Waals surface area contributed by atoms with E-state index in [1.165, 1.54) is 6.04 Å². The zero-order chi connectivity index (χ0) is 13.9. The van der Waals surface area contributed by atoms with E-state index in [1.807, 2.05) is 29.1 Å². The molecule has 0 bridgehead atoms. The van der Waals surface area contributed by atoms with Crippen molar-refractivity contribution in [1.29, 1.82) is 0 Å². The van der Waals surface area contributed by atoms with Gasteiger partial charge in [-0.2, -0.15) is 5.10 Å². The van der Waals surface area contributed by atoms with E-state index in [0.717, 1.165) is 29.7 Å². The lowest BCUT2D eigenvalue weighted by molar-refractivity contribution is 0.136. The van der Waals surface area contributed by atoms with Crippen LogP contribution in [0, 0.1) is 0 Å². The smallest absolute Gasteiger partial charge is 0.0703 e. The van der Waals surface area contributed by atoms with E-state index in [1.54, 1.807) is 0 Å². The molecule has 4 nitrogen and oxygen atoms in total. The number of nitrogen functional groups attached to an aromatic ring is 1. The van der Waals surface area contributed by atoms with Crippen molar-refractivity contribution < 1.29 is 4.74 Å². The Morgan fingerprint density at radius 3 is 2.79 bits per heavy atom. The Morgan fingerprint density at radius 1 is 1.26 bits per heavy atom. The van der Waals surface area contributed by atoms with E-state index in [9.17, 15) is 0 Å². The molecule has 2 N–H and O–H groups in total. The first-order valence-electron chi connectivity index (χ1n) is 6.74. The Hall–Kier alpha value is -1.33. The van der Waals surface area contributed by atoms with Crippen LogP contribution in [0.15, 0.2) is 24.4 Å². The molecule has 0 amide bonds. The lowest BCUT2D eigenvalue weighted by Gasteiger charge is -2.15. The molecule has 0 saturated carbocycles.